The van der Waals surface area contributed by atoms with E-state index in [4.69, 9.17) is 4.74 Å². The molecule has 1 aliphatic rings. The number of hydrogen-bond acceptors (Lipinski definition) is 6. The van der Waals surface area contributed by atoms with Crippen molar-refractivity contribution in [2.75, 3.05) is 20.2 Å². The zero-order chi connectivity index (χ0) is 16.8. The summed E-state index contributed by atoms with van der Waals surface area (Å²) in [5.41, 5.74) is 0.641. The van der Waals surface area contributed by atoms with Gasteiger partial charge in [-0.05, 0) is 18.6 Å². The van der Waals surface area contributed by atoms with E-state index in [1.54, 1.807) is 18.0 Å². The standard InChI is InChI=1S/C16H23N3O4/c1-3-4-5-8-23-16(22)18-15-17-10-13(19(15)2)12-7-6-11(20)9-14(12)21/h6-7,9,13,20-21H,3-5,8,10H2,1-2H3,(H,17,18,22). The molecule has 0 bridgehead atoms. The van der Waals surface area contributed by atoms with Crippen LogP contribution in [0.3, 0.4) is 0 Å². The van der Waals surface area contributed by atoms with E-state index in [0.29, 0.717) is 24.7 Å². The van der Waals surface area contributed by atoms with Gasteiger partial charge in [-0.1, -0.05) is 19.8 Å². The van der Waals surface area contributed by atoms with Crippen molar-refractivity contribution in [2.24, 2.45) is 4.99 Å². The predicted octanol–water partition coefficient (Wildman–Crippen LogP) is 2.36. The van der Waals surface area contributed by atoms with Gasteiger partial charge in [0.2, 0.25) is 5.96 Å². The van der Waals surface area contributed by atoms with Crippen molar-refractivity contribution in [3.63, 3.8) is 0 Å². The number of aromatic hydroxyl groups is 2. The molecule has 0 saturated heterocycles. The van der Waals surface area contributed by atoms with Crippen molar-refractivity contribution < 1.29 is 19.7 Å². The molecule has 1 unspecified atom stereocenters. The molecule has 0 aromatic heterocycles. The molecule has 2 rings (SSSR count). The van der Waals surface area contributed by atoms with Gasteiger partial charge in [0.15, 0.2) is 0 Å². The molecule has 1 aromatic carbocycles. The highest BCUT2D eigenvalue weighted by atomic mass is 16.5. The Kier molecular flexibility index (Phi) is 5.67. The molecule has 0 spiro atoms. The number of carbonyl (C=O) groups excluding carboxylic acids is 1. The normalized spacial score (nSPS) is 17.0. The molecular weight excluding hydrogens is 298 g/mol. The monoisotopic (exact) mass is 321 g/mol. The Morgan fingerprint density at radius 1 is 1.43 bits per heavy atom. The van der Waals surface area contributed by atoms with E-state index in [0.717, 1.165) is 19.3 Å². The van der Waals surface area contributed by atoms with Gasteiger partial charge in [-0.3, -0.25) is 10.3 Å². The molecule has 3 N–H and O–H groups in total. The minimum Gasteiger partial charge on any atom is -0.508 e. The second-order valence-corrected chi connectivity index (χ2v) is 5.50. The Bertz CT molecular complexity index is 589. The maximum absolute atomic E-state index is 11.7. The molecule has 126 valence electrons. The number of hydrogen-bond donors (Lipinski definition) is 3. The molecule has 7 heteroatoms. The summed E-state index contributed by atoms with van der Waals surface area (Å²) in [5.74, 6) is 0.408. The lowest BCUT2D eigenvalue weighted by Gasteiger charge is -2.24. The zero-order valence-corrected chi connectivity index (χ0v) is 13.5. The van der Waals surface area contributed by atoms with Gasteiger partial charge in [-0.2, -0.15) is 0 Å². The SMILES string of the molecule is CCCCCOC(=O)NC1=NCC(c2ccc(O)cc2O)N1C. The number of aliphatic imine (C=N–C) groups is 1. The number of phenolic OH excluding ortho intramolecular Hbond substituents is 2. The van der Waals surface area contributed by atoms with Crippen molar-refractivity contribution in [3.05, 3.63) is 23.8 Å². The number of ether oxygens (including phenoxy) is 1. The van der Waals surface area contributed by atoms with Crippen LogP contribution in [-0.4, -0.2) is 47.4 Å². The minimum atomic E-state index is -0.526. The van der Waals surface area contributed by atoms with Crippen LogP contribution in [0.2, 0.25) is 0 Å². The Morgan fingerprint density at radius 2 is 2.22 bits per heavy atom. The van der Waals surface area contributed by atoms with E-state index >= 15 is 0 Å². The number of nitrogens with zero attached hydrogens (tertiary/aromatic N) is 2. The third-order valence-corrected chi connectivity index (χ3v) is 3.78. The van der Waals surface area contributed by atoms with Gasteiger partial charge in [0.25, 0.3) is 0 Å². The van der Waals surface area contributed by atoms with Crippen LogP contribution < -0.4 is 5.32 Å². The van der Waals surface area contributed by atoms with Crippen LogP contribution in [0.4, 0.5) is 4.79 Å². The molecule has 0 aliphatic carbocycles. The minimum absolute atomic E-state index is 0.000409. The number of guanidine groups is 1. The highest BCUT2D eigenvalue weighted by Gasteiger charge is 2.29. The first-order valence-corrected chi connectivity index (χ1v) is 7.76. The molecule has 1 heterocycles. The zero-order valence-electron chi connectivity index (χ0n) is 13.5. The first kappa shape index (κ1) is 16.9. The molecule has 7 nitrogen and oxygen atoms in total. The van der Waals surface area contributed by atoms with Crippen molar-refractivity contribution >= 4 is 12.1 Å². The molecule has 23 heavy (non-hydrogen) atoms. The Morgan fingerprint density at radius 3 is 2.91 bits per heavy atom. The number of carbonyl (C=O) groups is 1. The summed E-state index contributed by atoms with van der Waals surface area (Å²) in [6, 6.07) is 4.24. The first-order valence-electron chi connectivity index (χ1n) is 7.76. The van der Waals surface area contributed by atoms with Crippen LogP contribution in [0.25, 0.3) is 0 Å². The van der Waals surface area contributed by atoms with E-state index in [2.05, 4.69) is 17.2 Å². The van der Waals surface area contributed by atoms with Gasteiger partial charge in [0.1, 0.15) is 11.5 Å². The first-order chi connectivity index (χ1) is 11.0. The molecule has 0 radical (unpaired) electrons. The lowest BCUT2D eigenvalue weighted by Crippen LogP contribution is -2.40. The fraction of sp³-hybridized carbons (Fsp3) is 0.500. The van der Waals surface area contributed by atoms with Crippen LogP contribution in [-0.2, 0) is 4.74 Å². The largest absolute Gasteiger partial charge is 0.508 e. The fourth-order valence-electron chi connectivity index (χ4n) is 2.45. The summed E-state index contributed by atoms with van der Waals surface area (Å²) in [4.78, 5) is 17.8. The number of amides is 1. The topological polar surface area (TPSA) is 94.4 Å². The molecule has 0 saturated carbocycles. The number of nitrogens with one attached hydrogen (secondary N) is 1. The van der Waals surface area contributed by atoms with Crippen LogP contribution in [0.1, 0.15) is 37.8 Å². The summed E-state index contributed by atoms with van der Waals surface area (Å²) in [7, 11) is 1.78. The second kappa shape index (κ2) is 7.71. The smallest absolute Gasteiger partial charge is 0.413 e. The average Bonchev–Trinajstić information content (AvgIpc) is 2.85. The van der Waals surface area contributed by atoms with Gasteiger partial charge in [0.05, 0.1) is 19.2 Å². The highest BCUT2D eigenvalue weighted by Crippen LogP contribution is 2.33. The number of phenols is 2. The van der Waals surface area contributed by atoms with E-state index in [1.807, 2.05) is 0 Å². The molecule has 1 amide bonds. The number of likely N-dealkylation sites (N-methyl/N-ethyl adjacent to an activating group) is 1. The van der Waals surface area contributed by atoms with Gasteiger partial charge in [0, 0.05) is 18.7 Å². The fourth-order valence-corrected chi connectivity index (χ4v) is 2.45. The van der Waals surface area contributed by atoms with Crippen LogP contribution in [0.5, 0.6) is 11.5 Å². The summed E-state index contributed by atoms with van der Waals surface area (Å²) < 4.78 is 5.09. The van der Waals surface area contributed by atoms with E-state index < -0.39 is 6.09 Å². The van der Waals surface area contributed by atoms with Crippen LogP contribution in [0.15, 0.2) is 23.2 Å². The van der Waals surface area contributed by atoms with Gasteiger partial charge < -0.3 is 19.8 Å². The summed E-state index contributed by atoms with van der Waals surface area (Å²) in [6.07, 6.45) is 2.41. The Hall–Kier alpha value is -2.44. The third-order valence-electron chi connectivity index (χ3n) is 3.78. The highest BCUT2D eigenvalue weighted by molar-refractivity contribution is 5.95. The summed E-state index contributed by atoms with van der Waals surface area (Å²) >= 11 is 0. The van der Waals surface area contributed by atoms with Crippen molar-refractivity contribution in [2.45, 2.75) is 32.2 Å². The number of unbranched alkanes of at least 4 members (excludes halogenated alkanes) is 2. The Labute approximate surface area is 135 Å². The van der Waals surface area contributed by atoms with Crippen molar-refractivity contribution in [3.8, 4) is 11.5 Å². The molecular formula is C16H23N3O4. The second-order valence-electron chi connectivity index (χ2n) is 5.50. The van der Waals surface area contributed by atoms with Crippen LogP contribution >= 0.6 is 0 Å². The number of alkyl carbamates (subject to hydrolysis) is 1. The number of rotatable bonds is 5. The maximum atomic E-state index is 11.7. The lowest BCUT2D eigenvalue weighted by molar-refractivity contribution is 0.148. The van der Waals surface area contributed by atoms with E-state index in [1.165, 1.54) is 12.1 Å². The lowest BCUT2D eigenvalue weighted by atomic mass is 10.1. The average molecular weight is 321 g/mol. The van der Waals surface area contributed by atoms with Gasteiger partial charge in [-0.25, -0.2) is 4.79 Å². The number of benzene rings is 1. The van der Waals surface area contributed by atoms with E-state index in [-0.39, 0.29) is 17.5 Å². The van der Waals surface area contributed by atoms with Gasteiger partial charge in [-0.15, -0.1) is 0 Å². The summed E-state index contributed by atoms with van der Waals surface area (Å²) in [5, 5.41) is 21.9. The third kappa shape index (κ3) is 4.28. The molecule has 0 fully saturated rings. The van der Waals surface area contributed by atoms with Crippen molar-refractivity contribution in [1.82, 2.24) is 10.2 Å². The quantitative estimate of drug-likeness (QED) is 0.724. The summed E-state index contributed by atoms with van der Waals surface area (Å²) in [6.45, 7) is 2.88. The maximum Gasteiger partial charge on any atom is 0.413 e. The van der Waals surface area contributed by atoms with Crippen LogP contribution in [0, 0.1) is 0 Å². The molecule has 1 atom stereocenters. The van der Waals surface area contributed by atoms with E-state index in [9.17, 15) is 15.0 Å². The molecule has 1 aromatic rings. The predicted molar refractivity (Wildman–Crippen MR) is 86.6 cm³/mol. The Balaban J connectivity index is 1.90. The van der Waals surface area contributed by atoms with Crippen molar-refractivity contribution in [1.29, 1.82) is 0 Å². The molecule has 1 aliphatic heterocycles. The van der Waals surface area contributed by atoms with Gasteiger partial charge >= 0.3 is 6.09 Å².